The van der Waals surface area contributed by atoms with E-state index in [9.17, 15) is 13.2 Å². The molecule has 0 radical (unpaired) electrons. The molecule has 4 N–H and O–H groups in total. The Bertz CT molecular complexity index is 1140. The molecule has 1 aliphatic rings. The van der Waals surface area contributed by atoms with Crippen LogP contribution in [0.5, 0.6) is 0 Å². The van der Waals surface area contributed by atoms with Crippen LogP contribution in [-0.4, -0.2) is 47.4 Å². The maximum absolute atomic E-state index is 14.3. The quantitative estimate of drug-likeness (QED) is 0.350. The van der Waals surface area contributed by atoms with Gasteiger partial charge in [0, 0.05) is 25.2 Å². The van der Waals surface area contributed by atoms with Crippen molar-refractivity contribution in [3.8, 4) is 0 Å². The van der Waals surface area contributed by atoms with Crippen LogP contribution in [0.25, 0.3) is 11.0 Å². The number of H-pyrrole nitrogens is 1. The van der Waals surface area contributed by atoms with E-state index >= 15 is 0 Å². The van der Waals surface area contributed by atoms with Gasteiger partial charge >= 0.3 is 0 Å². The third-order valence-corrected chi connectivity index (χ3v) is 5.43. The lowest BCUT2D eigenvalue weighted by atomic mass is 10.1. The first-order valence-electron chi connectivity index (χ1n) is 9.91. The minimum atomic E-state index is -1.10. The average molecular weight is 451 g/mol. The third kappa shape index (κ3) is 4.94. The van der Waals surface area contributed by atoms with Crippen molar-refractivity contribution in [2.45, 2.75) is 12.8 Å². The number of fused-ring (bicyclic) bond motifs is 1. The zero-order chi connectivity index (χ0) is 22.1. The summed E-state index contributed by atoms with van der Waals surface area (Å²) in [7, 11) is 2.05. The lowest BCUT2D eigenvalue weighted by molar-refractivity contribution is 0.332. The van der Waals surface area contributed by atoms with Crippen LogP contribution in [0.3, 0.4) is 0 Å². The Morgan fingerprint density at radius 2 is 2.06 bits per heavy atom. The maximum Gasteiger partial charge on any atom is 0.201 e. The molecule has 31 heavy (non-hydrogen) atoms. The number of likely N-dealkylation sites (N-methyl/N-ethyl adjacent to an activating group) is 1. The van der Waals surface area contributed by atoms with Gasteiger partial charge in [-0.2, -0.15) is 0 Å². The zero-order valence-corrected chi connectivity index (χ0v) is 17.6. The number of halogens is 4. The summed E-state index contributed by atoms with van der Waals surface area (Å²) in [6.07, 6.45) is 2.56. The Morgan fingerprint density at radius 3 is 2.77 bits per heavy atom. The molecule has 1 aliphatic carbocycles. The van der Waals surface area contributed by atoms with Crippen molar-refractivity contribution >= 4 is 40.1 Å². The number of aromatic amines is 1. The summed E-state index contributed by atoms with van der Waals surface area (Å²) in [6, 6.07) is 4.77. The number of anilines is 1. The van der Waals surface area contributed by atoms with Crippen molar-refractivity contribution in [3.63, 3.8) is 0 Å². The standard InChI is InChI=1S/C21H22ClF3N6/c1-31(10-11-2-3-11)7-6-27-21-29-18-13(9-16(24)17(25)19(18)30-21)20(26)28-12-4-5-15(23)14(22)8-12/h4-5,8-9,11H,2-3,6-7,10H2,1H3,(H2,26,28)(H2,27,29,30). The van der Waals surface area contributed by atoms with E-state index in [1.54, 1.807) is 0 Å². The second-order valence-corrected chi connectivity index (χ2v) is 8.16. The molecule has 3 aromatic rings. The van der Waals surface area contributed by atoms with E-state index in [4.69, 9.17) is 17.3 Å². The maximum atomic E-state index is 14.3. The fraction of sp³-hybridized carbons (Fsp3) is 0.333. The molecule has 1 saturated carbocycles. The number of nitrogens with one attached hydrogen (secondary N) is 2. The van der Waals surface area contributed by atoms with Crippen LogP contribution in [-0.2, 0) is 0 Å². The van der Waals surface area contributed by atoms with Crippen molar-refractivity contribution in [1.29, 1.82) is 0 Å². The van der Waals surface area contributed by atoms with Crippen molar-refractivity contribution in [1.82, 2.24) is 14.9 Å². The lowest BCUT2D eigenvalue weighted by Crippen LogP contribution is -2.27. The van der Waals surface area contributed by atoms with Gasteiger partial charge in [0.25, 0.3) is 0 Å². The summed E-state index contributed by atoms with van der Waals surface area (Å²) in [6.45, 7) is 2.42. The fourth-order valence-corrected chi connectivity index (χ4v) is 3.51. The minimum absolute atomic E-state index is 0.0917. The highest BCUT2D eigenvalue weighted by atomic mass is 35.5. The van der Waals surface area contributed by atoms with E-state index in [0.717, 1.165) is 31.1 Å². The highest BCUT2D eigenvalue weighted by Gasteiger charge is 2.22. The Hall–Kier alpha value is -2.78. The van der Waals surface area contributed by atoms with Gasteiger partial charge in [0.2, 0.25) is 5.95 Å². The summed E-state index contributed by atoms with van der Waals surface area (Å²) in [4.78, 5) is 13.5. The number of aromatic nitrogens is 2. The number of hydrogen-bond donors (Lipinski definition) is 3. The molecule has 1 heterocycles. The van der Waals surface area contributed by atoms with Crippen molar-refractivity contribution in [2.24, 2.45) is 16.6 Å². The molecule has 0 aliphatic heterocycles. The molecule has 0 atom stereocenters. The van der Waals surface area contributed by atoms with Gasteiger partial charge in [-0.05, 0) is 50.1 Å². The van der Waals surface area contributed by atoms with Crippen LogP contribution >= 0.6 is 11.6 Å². The van der Waals surface area contributed by atoms with Crippen LogP contribution in [0, 0.1) is 23.4 Å². The SMILES string of the molecule is CN(CCNc1nc2c(F)c(F)cc(C(N)=Nc3ccc(F)c(Cl)c3)c2[nH]1)CC1CC1. The van der Waals surface area contributed by atoms with Gasteiger partial charge < -0.3 is 20.9 Å². The molecular weight excluding hydrogens is 429 g/mol. The molecule has 4 rings (SSSR count). The second-order valence-electron chi connectivity index (χ2n) is 7.76. The number of benzene rings is 2. The summed E-state index contributed by atoms with van der Waals surface area (Å²) in [5, 5.41) is 2.98. The van der Waals surface area contributed by atoms with Gasteiger partial charge in [-0.15, -0.1) is 0 Å². The summed E-state index contributed by atoms with van der Waals surface area (Å²) in [5.74, 6) is -1.77. The van der Waals surface area contributed by atoms with Gasteiger partial charge in [-0.25, -0.2) is 23.1 Å². The molecule has 10 heteroatoms. The number of imidazole rings is 1. The van der Waals surface area contributed by atoms with E-state index in [0.29, 0.717) is 12.5 Å². The smallest absolute Gasteiger partial charge is 0.201 e. The van der Waals surface area contributed by atoms with E-state index in [1.165, 1.54) is 25.0 Å². The summed E-state index contributed by atoms with van der Waals surface area (Å²) < 4.78 is 41.9. The predicted octanol–water partition coefficient (Wildman–Crippen LogP) is 4.42. The van der Waals surface area contributed by atoms with Gasteiger partial charge in [-0.3, -0.25) is 0 Å². The van der Waals surface area contributed by atoms with Crippen molar-refractivity contribution in [2.75, 3.05) is 32.0 Å². The molecule has 0 unspecified atom stereocenters. The number of amidine groups is 1. The average Bonchev–Trinajstić information content (AvgIpc) is 3.43. The molecule has 2 aromatic carbocycles. The summed E-state index contributed by atoms with van der Waals surface area (Å²) in [5.41, 5.74) is 6.50. The van der Waals surface area contributed by atoms with Crippen molar-refractivity contribution < 1.29 is 13.2 Å². The lowest BCUT2D eigenvalue weighted by Gasteiger charge is -2.15. The number of aliphatic imine (C=N–C) groups is 1. The molecule has 0 bridgehead atoms. The summed E-state index contributed by atoms with van der Waals surface area (Å²) >= 11 is 5.77. The second kappa shape index (κ2) is 8.76. The Kier molecular flexibility index (Phi) is 6.06. The van der Waals surface area contributed by atoms with E-state index in [2.05, 4.69) is 25.2 Å². The number of nitrogens with two attached hydrogens (primary N) is 1. The molecule has 1 aromatic heterocycles. The molecule has 0 amide bonds. The Morgan fingerprint density at radius 1 is 1.29 bits per heavy atom. The van der Waals surface area contributed by atoms with Crippen LogP contribution in [0.1, 0.15) is 18.4 Å². The molecule has 0 spiro atoms. The highest BCUT2D eigenvalue weighted by Crippen LogP contribution is 2.29. The first-order chi connectivity index (χ1) is 14.8. The zero-order valence-electron chi connectivity index (χ0n) is 16.9. The largest absolute Gasteiger partial charge is 0.383 e. The van der Waals surface area contributed by atoms with E-state index in [-0.39, 0.29) is 33.1 Å². The van der Waals surface area contributed by atoms with Crippen molar-refractivity contribution in [3.05, 3.63) is 52.3 Å². The van der Waals surface area contributed by atoms with Crippen LogP contribution in [0.15, 0.2) is 29.3 Å². The first kappa shape index (κ1) is 21.5. The third-order valence-electron chi connectivity index (χ3n) is 5.14. The van der Waals surface area contributed by atoms with Gasteiger partial charge in [-0.1, -0.05) is 11.6 Å². The topological polar surface area (TPSA) is 82.3 Å². The van der Waals surface area contributed by atoms with Gasteiger partial charge in [0.1, 0.15) is 17.2 Å². The van der Waals surface area contributed by atoms with Gasteiger partial charge in [0.05, 0.1) is 16.2 Å². The highest BCUT2D eigenvalue weighted by molar-refractivity contribution is 6.31. The minimum Gasteiger partial charge on any atom is -0.383 e. The molecule has 6 nitrogen and oxygen atoms in total. The number of rotatable bonds is 8. The van der Waals surface area contributed by atoms with Crippen LogP contribution in [0.4, 0.5) is 24.8 Å². The number of nitrogens with zero attached hydrogens (tertiary/aromatic N) is 3. The van der Waals surface area contributed by atoms with Crippen LogP contribution in [0.2, 0.25) is 5.02 Å². The Balaban J connectivity index is 1.58. The normalized spacial score (nSPS) is 14.6. The monoisotopic (exact) mass is 450 g/mol. The Labute approximate surface area is 182 Å². The predicted molar refractivity (Wildman–Crippen MR) is 117 cm³/mol. The van der Waals surface area contributed by atoms with E-state index in [1.807, 2.05) is 7.05 Å². The van der Waals surface area contributed by atoms with Gasteiger partial charge in [0.15, 0.2) is 11.6 Å². The van der Waals surface area contributed by atoms with E-state index < -0.39 is 17.5 Å². The first-order valence-corrected chi connectivity index (χ1v) is 10.3. The van der Waals surface area contributed by atoms with Crippen LogP contribution < -0.4 is 11.1 Å². The number of hydrogen-bond acceptors (Lipinski definition) is 4. The fourth-order valence-electron chi connectivity index (χ4n) is 3.34. The molecular formula is C21H22ClF3N6. The molecule has 0 saturated heterocycles. The molecule has 1 fully saturated rings. The molecule has 164 valence electrons.